The fourth-order valence-electron chi connectivity index (χ4n) is 3.04. The van der Waals surface area contributed by atoms with Crippen molar-refractivity contribution in [2.75, 3.05) is 0 Å². The van der Waals surface area contributed by atoms with Gasteiger partial charge in [-0.3, -0.25) is 35.8 Å². The number of nitrogens with two attached hydrogens (primary N) is 1. The molecule has 1 aliphatic heterocycles. The molecule has 2 aromatic carbocycles. The fourth-order valence-corrected chi connectivity index (χ4v) is 3.04. The topological polar surface area (TPSA) is 219 Å². The summed E-state index contributed by atoms with van der Waals surface area (Å²) in [7, 11) is 0. The van der Waals surface area contributed by atoms with E-state index in [9.17, 15) is 35.6 Å². The Labute approximate surface area is 190 Å². The number of nitriles is 1. The quantitative estimate of drug-likeness (QED) is 0.289. The zero-order valence-electron chi connectivity index (χ0n) is 17.1. The van der Waals surface area contributed by atoms with Gasteiger partial charge in [-0.15, -0.1) is 0 Å². The van der Waals surface area contributed by atoms with Gasteiger partial charge in [0.05, 0.1) is 32.6 Å². The summed E-state index contributed by atoms with van der Waals surface area (Å²) in [6.45, 7) is 0. The molecule has 3 rings (SSSR count). The Morgan fingerprint density at radius 1 is 1.12 bits per heavy atom. The normalized spacial score (nSPS) is 15.9. The summed E-state index contributed by atoms with van der Waals surface area (Å²) in [6.07, 6.45) is 1.73. The standard InChI is InChI=1S/C19H15N9O6/c20-9-16-18(13-4-2-6-15(8-13)28(33)34)24-26(19(16)21)17(11-25(29)30)23-22-10-12-3-1-5-14(7-12)27(31)32/h1-8,10-11,18,23-24H,21H2/b17-11-,22-10+. The van der Waals surface area contributed by atoms with Crippen LogP contribution in [-0.2, 0) is 0 Å². The van der Waals surface area contributed by atoms with Gasteiger partial charge in [-0.05, 0) is 5.56 Å². The highest BCUT2D eigenvalue weighted by atomic mass is 16.6. The van der Waals surface area contributed by atoms with Crippen LogP contribution >= 0.6 is 0 Å². The summed E-state index contributed by atoms with van der Waals surface area (Å²) in [5.41, 5.74) is 11.5. The molecule has 34 heavy (non-hydrogen) atoms. The predicted molar refractivity (Wildman–Crippen MR) is 117 cm³/mol. The molecule has 0 saturated carbocycles. The Hall–Kier alpha value is -5.36. The maximum Gasteiger partial charge on any atom is 0.277 e. The molecule has 4 N–H and O–H groups in total. The number of nitrogens with one attached hydrogen (secondary N) is 2. The Balaban J connectivity index is 1.89. The zero-order chi connectivity index (χ0) is 24.8. The number of hydrazine groups is 1. The minimum atomic E-state index is -0.928. The van der Waals surface area contributed by atoms with E-state index in [1.54, 1.807) is 0 Å². The number of hydrazone groups is 1. The first-order valence-corrected chi connectivity index (χ1v) is 9.30. The van der Waals surface area contributed by atoms with Crippen LogP contribution in [0.5, 0.6) is 0 Å². The molecule has 0 radical (unpaired) electrons. The summed E-state index contributed by atoms with van der Waals surface area (Å²) in [6, 6.07) is 12.0. The van der Waals surface area contributed by atoms with E-state index < -0.39 is 20.8 Å². The van der Waals surface area contributed by atoms with Crippen molar-refractivity contribution < 1.29 is 14.8 Å². The summed E-state index contributed by atoms with van der Waals surface area (Å²) in [5, 5.41) is 47.6. The molecule has 15 heteroatoms. The van der Waals surface area contributed by atoms with Crippen LogP contribution in [0.25, 0.3) is 0 Å². The molecule has 1 heterocycles. The zero-order valence-corrected chi connectivity index (χ0v) is 17.1. The van der Waals surface area contributed by atoms with Gasteiger partial charge in [0, 0.05) is 29.8 Å². The lowest BCUT2D eigenvalue weighted by atomic mass is 10.0. The number of non-ortho nitro benzene ring substituents is 2. The van der Waals surface area contributed by atoms with Gasteiger partial charge in [0.1, 0.15) is 11.9 Å². The second-order valence-corrected chi connectivity index (χ2v) is 6.68. The van der Waals surface area contributed by atoms with Crippen molar-refractivity contribution in [2.45, 2.75) is 6.04 Å². The van der Waals surface area contributed by atoms with Crippen LogP contribution in [0.2, 0.25) is 0 Å². The van der Waals surface area contributed by atoms with Gasteiger partial charge in [0.15, 0.2) is 0 Å². The smallest absolute Gasteiger partial charge is 0.277 e. The monoisotopic (exact) mass is 465 g/mol. The summed E-state index contributed by atoms with van der Waals surface area (Å²) >= 11 is 0. The maximum atomic E-state index is 11.2. The average molecular weight is 465 g/mol. The third-order valence-electron chi connectivity index (χ3n) is 4.54. The first-order valence-electron chi connectivity index (χ1n) is 9.30. The van der Waals surface area contributed by atoms with Crippen molar-refractivity contribution in [3.05, 3.63) is 113 Å². The number of hydrogen-bond donors (Lipinski definition) is 3. The maximum absolute atomic E-state index is 11.2. The lowest BCUT2D eigenvalue weighted by Gasteiger charge is -2.22. The molecule has 0 aliphatic carbocycles. The molecule has 0 fully saturated rings. The van der Waals surface area contributed by atoms with Crippen molar-refractivity contribution in [3.63, 3.8) is 0 Å². The Kier molecular flexibility index (Phi) is 6.75. The molecule has 0 bridgehead atoms. The van der Waals surface area contributed by atoms with Crippen LogP contribution in [0.4, 0.5) is 11.4 Å². The highest BCUT2D eigenvalue weighted by Gasteiger charge is 2.34. The van der Waals surface area contributed by atoms with Gasteiger partial charge in [-0.1, -0.05) is 24.3 Å². The summed E-state index contributed by atoms with van der Waals surface area (Å²) < 4.78 is 0. The van der Waals surface area contributed by atoms with E-state index in [1.165, 1.54) is 54.7 Å². The fraction of sp³-hybridized carbons (Fsp3) is 0.0526. The number of nitro benzene ring substituents is 2. The first kappa shape index (κ1) is 23.3. The van der Waals surface area contributed by atoms with Crippen LogP contribution in [0.1, 0.15) is 17.2 Å². The first-order chi connectivity index (χ1) is 16.2. The van der Waals surface area contributed by atoms with Crippen LogP contribution < -0.4 is 16.6 Å². The summed E-state index contributed by atoms with van der Waals surface area (Å²) in [4.78, 5) is 31.2. The van der Waals surface area contributed by atoms with Gasteiger partial charge in [0.2, 0.25) is 5.82 Å². The highest BCUT2D eigenvalue weighted by molar-refractivity contribution is 5.80. The molecule has 1 aliphatic rings. The SMILES string of the molecule is N#CC1=C(N)N(/C(=C\[N+](=O)[O-])N/N=C/c2cccc([N+](=O)[O-])c2)NC1c1cccc([N+](=O)[O-])c1. The Bertz CT molecular complexity index is 1300. The van der Waals surface area contributed by atoms with E-state index in [4.69, 9.17) is 5.73 Å². The van der Waals surface area contributed by atoms with E-state index in [0.717, 1.165) is 5.01 Å². The van der Waals surface area contributed by atoms with E-state index in [-0.39, 0.29) is 28.6 Å². The molecule has 0 spiro atoms. The van der Waals surface area contributed by atoms with Gasteiger partial charge in [-0.2, -0.15) is 10.4 Å². The Morgan fingerprint density at radius 2 is 1.76 bits per heavy atom. The molecule has 0 aromatic heterocycles. The lowest BCUT2D eigenvalue weighted by molar-refractivity contribution is -0.404. The molecule has 0 amide bonds. The molecule has 2 aromatic rings. The molecule has 1 unspecified atom stereocenters. The highest BCUT2D eigenvalue weighted by Crippen LogP contribution is 2.32. The Morgan fingerprint density at radius 3 is 2.38 bits per heavy atom. The largest absolute Gasteiger partial charge is 0.383 e. The minimum Gasteiger partial charge on any atom is -0.383 e. The van der Waals surface area contributed by atoms with Crippen LogP contribution in [-0.4, -0.2) is 26.0 Å². The van der Waals surface area contributed by atoms with E-state index in [2.05, 4.69) is 16.0 Å². The van der Waals surface area contributed by atoms with Gasteiger partial charge in [0.25, 0.3) is 17.6 Å². The lowest BCUT2D eigenvalue weighted by Crippen LogP contribution is -2.39. The van der Waals surface area contributed by atoms with Crippen molar-refractivity contribution in [3.8, 4) is 6.07 Å². The predicted octanol–water partition coefficient (Wildman–Crippen LogP) is 1.76. The summed E-state index contributed by atoms with van der Waals surface area (Å²) in [5.74, 6) is -0.477. The average Bonchev–Trinajstić information content (AvgIpc) is 3.14. The van der Waals surface area contributed by atoms with Gasteiger partial charge >= 0.3 is 0 Å². The van der Waals surface area contributed by atoms with Crippen molar-refractivity contribution in [1.29, 1.82) is 5.26 Å². The van der Waals surface area contributed by atoms with Crippen LogP contribution in [0, 0.1) is 41.7 Å². The number of benzene rings is 2. The van der Waals surface area contributed by atoms with Crippen molar-refractivity contribution in [1.82, 2.24) is 15.9 Å². The molecule has 1 atom stereocenters. The third kappa shape index (κ3) is 5.09. The van der Waals surface area contributed by atoms with Gasteiger partial charge in [-0.25, -0.2) is 10.4 Å². The second kappa shape index (κ2) is 9.84. The molecule has 0 saturated heterocycles. The molecule has 15 nitrogen and oxygen atoms in total. The van der Waals surface area contributed by atoms with Crippen LogP contribution in [0.15, 0.2) is 77.0 Å². The van der Waals surface area contributed by atoms with E-state index in [1.807, 2.05) is 6.07 Å². The number of rotatable bonds is 8. The minimum absolute atomic E-state index is 0.0285. The van der Waals surface area contributed by atoms with E-state index in [0.29, 0.717) is 17.3 Å². The van der Waals surface area contributed by atoms with Crippen molar-refractivity contribution in [2.24, 2.45) is 10.8 Å². The van der Waals surface area contributed by atoms with Crippen LogP contribution in [0.3, 0.4) is 0 Å². The molecular formula is C19H15N9O6. The number of nitro groups is 3. The van der Waals surface area contributed by atoms with Gasteiger partial charge < -0.3 is 5.73 Å². The third-order valence-corrected chi connectivity index (χ3v) is 4.54. The van der Waals surface area contributed by atoms with Crippen molar-refractivity contribution >= 4 is 17.6 Å². The molecular weight excluding hydrogens is 450 g/mol. The number of nitrogens with zero attached hydrogens (tertiary/aromatic N) is 6. The number of hydrogen-bond acceptors (Lipinski definition) is 12. The second-order valence-electron chi connectivity index (χ2n) is 6.68. The van der Waals surface area contributed by atoms with E-state index >= 15 is 0 Å². The molecule has 172 valence electrons.